The number of anilines is 2. The van der Waals surface area contributed by atoms with Gasteiger partial charge in [-0.3, -0.25) is 0 Å². The highest BCUT2D eigenvalue weighted by atomic mass is 32.3. The number of hydrogen-bond donors (Lipinski definition) is 0. The standard InChI is InChI=1S/C27H36N2O4S2/c1-27(2,3)32-23-13-19-26(20-14-23)35(33-34(8,30)31,24-15-9-21(10-16-24)28(4)5)25-17-11-22(12-18-25)29(6)7/h9-20H,1-8H3. The average Bonchev–Trinajstić information content (AvgIpc) is 2.76. The summed E-state index contributed by atoms with van der Waals surface area (Å²) in [7, 11) is 1.42. The minimum atomic E-state index is -3.83. The monoisotopic (exact) mass is 516 g/mol. The van der Waals surface area contributed by atoms with Crippen molar-refractivity contribution in [3.05, 3.63) is 72.8 Å². The van der Waals surface area contributed by atoms with Crippen LogP contribution in [0.1, 0.15) is 20.8 Å². The molecule has 0 spiro atoms. The molecule has 3 aromatic carbocycles. The van der Waals surface area contributed by atoms with Gasteiger partial charge in [0.15, 0.2) is 0 Å². The van der Waals surface area contributed by atoms with E-state index in [9.17, 15) is 8.42 Å². The highest BCUT2D eigenvalue weighted by Crippen LogP contribution is 2.70. The molecule has 3 rings (SSSR count). The van der Waals surface area contributed by atoms with Gasteiger partial charge in [0.05, 0.1) is 6.26 Å². The van der Waals surface area contributed by atoms with Crippen LogP contribution in [0.2, 0.25) is 0 Å². The van der Waals surface area contributed by atoms with Crippen molar-refractivity contribution >= 4 is 31.8 Å². The summed E-state index contributed by atoms with van der Waals surface area (Å²) in [5.41, 5.74) is 1.68. The van der Waals surface area contributed by atoms with Crippen molar-refractivity contribution in [3.63, 3.8) is 0 Å². The smallest absolute Gasteiger partial charge is 0.274 e. The van der Waals surface area contributed by atoms with E-state index in [0.29, 0.717) is 5.75 Å². The van der Waals surface area contributed by atoms with Gasteiger partial charge in [0.2, 0.25) is 0 Å². The lowest BCUT2D eigenvalue weighted by atomic mass is 10.2. The van der Waals surface area contributed by atoms with Gasteiger partial charge in [-0.2, -0.15) is 8.42 Å². The summed E-state index contributed by atoms with van der Waals surface area (Å²) in [6.45, 7) is 5.96. The van der Waals surface area contributed by atoms with Gasteiger partial charge in [-0.15, -0.1) is 0 Å². The van der Waals surface area contributed by atoms with E-state index in [1.54, 1.807) is 0 Å². The SMILES string of the molecule is CN(C)c1ccc(S(OS(C)(=O)=O)(c2ccc(OC(C)(C)C)cc2)c2ccc(N(C)C)cc2)cc1. The molecule has 8 heteroatoms. The molecule has 6 nitrogen and oxygen atoms in total. The Bertz CT molecular complexity index is 1180. The Morgan fingerprint density at radius 2 is 0.971 bits per heavy atom. The largest absolute Gasteiger partial charge is 0.488 e. The first kappa shape index (κ1) is 26.9. The summed E-state index contributed by atoms with van der Waals surface area (Å²) in [5, 5.41) is 0. The Morgan fingerprint density at radius 1 is 0.629 bits per heavy atom. The number of ether oxygens (including phenoxy) is 1. The van der Waals surface area contributed by atoms with Crippen LogP contribution in [0, 0.1) is 0 Å². The van der Waals surface area contributed by atoms with Crippen LogP contribution in [0.3, 0.4) is 0 Å². The number of benzene rings is 3. The highest BCUT2D eigenvalue weighted by molar-refractivity contribution is 8.33. The van der Waals surface area contributed by atoms with Gasteiger partial charge in [0.1, 0.15) is 11.4 Å². The number of rotatable bonds is 8. The first-order valence-electron chi connectivity index (χ1n) is 11.3. The molecule has 0 aliphatic rings. The second kappa shape index (κ2) is 10.1. The average molecular weight is 517 g/mol. The first-order chi connectivity index (χ1) is 16.2. The first-order valence-corrected chi connectivity index (χ1v) is 14.7. The van der Waals surface area contributed by atoms with E-state index in [4.69, 9.17) is 8.37 Å². The molecule has 0 saturated carbocycles. The Hall–Kier alpha value is -2.68. The van der Waals surface area contributed by atoms with E-state index < -0.39 is 20.4 Å². The zero-order chi connectivity index (χ0) is 26.0. The van der Waals surface area contributed by atoms with Crippen molar-refractivity contribution in [2.45, 2.75) is 41.1 Å². The van der Waals surface area contributed by atoms with E-state index in [2.05, 4.69) is 0 Å². The molecule has 0 heterocycles. The van der Waals surface area contributed by atoms with Crippen LogP contribution < -0.4 is 14.5 Å². The lowest BCUT2D eigenvalue weighted by Crippen LogP contribution is -2.22. The summed E-state index contributed by atoms with van der Waals surface area (Å²) in [4.78, 5) is 6.34. The molecule has 3 aromatic rings. The van der Waals surface area contributed by atoms with Crippen LogP contribution >= 0.6 is 10.3 Å². The fourth-order valence-electron chi connectivity index (χ4n) is 3.64. The van der Waals surface area contributed by atoms with E-state index in [1.165, 1.54) is 0 Å². The lowest BCUT2D eigenvalue weighted by molar-refractivity contribution is 0.131. The van der Waals surface area contributed by atoms with Gasteiger partial charge < -0.3 is 14.5 Å². The van der Waals surface area contributed by atoms with Crippen molar-refractivity contribution in [1.29, 1.82) is 0 Å². The van der Waals surface area contributed by atoms with Crippen molar-refractivity contribution in [3.8, 4) is 5.75 Å². The molecule has 0 amide bonds. The van der Waals surface area contributed by atoms with Crippen LogP contribution in [-0.2, 0) is 13.7 Å². The second-order valence-corrected chi connectivity index (χ2v) is 14.3. The highest BCUT2D eigenvalue weighted by Gasteiger charge is 2.36. The van der Waals surface area contributed by atoms with Crippen LogP contribution in [0.15, 0.2) is 87.5 Å². The molecule has 0 atom stereocenters. The Balaban J connectivity index is 2.29. The summed E-state index contributed by atoms with van der Waals surface area (Å²) in [5.74, 6) is 0.708. The van der Waals surface area contributed by atoms with Crippen LogP contribution in [0.4, 0.5) is 11.4 Å². The van der Waals surface area contributed by atoms with Crippen LogP contribution in [-0.4, -0.2) is 48.5 Å². The maximum absolute atomic E-state index is 12.7. The molecule has 0 N–H and O–H groups in total. The summed E-state index contributed by atoms with van der Waals surface area (Å²) < 4.78 is 37.6. The predicted octanol–water partition coefficient (Wildman–Crippen LogP) is 6.17. The molecule has 0 aliphatic carbocycles. The molecular weight excluding hydrogens is 480 g/mol. The van der Waals surface area contributed by atoms with Crippen molar-refractivity contribution < 1.29 is 16.8 Å². The maximum Gasteiger partial charge on any atom is 0.274 e. The van der Waals surface area contributed by atoms with E-state index in [-0.39, 0.29) is 5.60 Å². The van der Waals surface area contributed by atoms with Crippen molar-refractivity contribution in [1.82, 2.24) is 0 Å². The molecule has 0 aromatic heterocycles. The van der Waals surface area contributed by atoms with Crippen molar-refractivity contribution in [2.75, 3.05) is 44.2 Å². The fourth-order valence-corrected chi connectivity index (χ4v) is 8.44. The molecule has 0 unspecified atom stereocenters. The molecule has 0 aliphatic heterocycles. The third-order valence-corrected chi connectivity index (χ3v) is 9.79. The fraction of sp³-hybridized carbons (Fsp3) is 0.333. The minimum absolute atomic E-state index is 0.348. The summed E-state index contributed by atoms with van der Waals surface area (Å²) in [6, 6.07) is 23.3. The van der Waals surface area contributed by atoms with Crippen molar-refractivity contribution in [2.24, 2.45) is 0 Å². The molecule has 35 heavy (non-hydrogen) atoms. The lowest BCUT2D eigenvalue weighted by Gasteiger charge is -2.39. The van der Waals surface area contributed by atoms with Gasteiger partial charge in [-0.25, -0.2) is 3.63 Å². The summed E-state index contributed by atoms with van der Waals surface area (Å²) >= 11 is 0. The molecular formula is C27H36N2O4S2. The molecule has 0 radical (unpaired) electrons. The molecule has 0 fully saturated rings. The predicted molar refractivity (Wildman–Crippen MR) is 147 cm³/mol. The Morgan fingerprint density at radius 3 is 1.26 bits per heavy atom. The third-order valence-electron chi connectivity index (χ3n) is 5.18. The molecule has 0 saturated heterocycles. The number of hydrogen-bond acceptors (Lipinski definition) is 6. The Kier molecular flexibility index (Phi) is 7.79. The second-order valence-electron chi connectivity index (χ2n) is 9.79. The molecule has 190 valence electrons. The normalized spacial score (nSPS) is 12.8. The zero-order valence-electron chi connectivity index (χ0n) is 21.8. The quantitative estimate of drug-likeness (QED) is 0.357. The van der Waals surface area contributed by atoms with Crippen LogP contribution in [0.5, 0.6) is 5.75 Å². The van der Waals surface area contributed by atoms with Gasteiger partial charge >= 0.3 is 0 Å². The third kappa shape index (κ3) is 6.51. The van der Waals surface area contributed by atoms with Gasteiger partial charge in [-0.1, -0.05) is 0 Å². The van der Waals surface area contributed by atoms with Gasteiger partial charge in [-0.05, 0) is 104 Å². The van der Waals surface area contributed by atoms with E-state index >= 15 is 0 Å². The van der Waals surface area contributed by atoms with Crippen LogP contribution in [0.25, 0.3) is 0 Å². The minimum Gasteiger partial charge on any atom is -0.488 e. The van der Waals surface area contributed by atoms with Gasteiger partial charge in [0, 0.05) is 54.3 Å². The number of nitrogens with zero attached hydrogens (tertiary/aromatic N) is 2. The summed E-state index contributed by atoms with van der Waals surface area (Å²) in [6.07, 6.45) is 1.11. The topological polar surface area (TPSA) is 59.1 Å². The zero-order valence-corrected chi connectivity index (χ0v) is 23.4. The van der Waals surface area contributed by atoms with Gasteiger partial charge in [0.25, 0.3) is 10.1 Å². The maximum atomic E-state index is 12.7. The molecule has 0 bridgehead atoms. The van der Waals surface area contributed by atoms with E-state index in [1.807, 2.05) is 132 Å². The van der Waals surface area contributed by atoms with E-state index in [0.717, 1.165) is 32.3 Å². The Labute approximate surface area is 212 Å².